The van der Waals surface area contributed by atoms with Gasteiger partial charge in [0, 0.05) is 18.1 Å². The van der Waals surface area contributed by atoms with E-state index in [0.29, 0.717) is 5.02 Å². The molecule has 0 radical (unpaired) electrons. The number of nitrogens with zero attached hydrogens (tertiary/aromatic N) is 2. The molecule has 3 aromatic rings. The third kappa shape index (κ3) is 6.79. The number of nitrogens with one attached hydrogen (secondary N) is 1. The maximum Gasteiger partial charge on any atom is 0.264 e. The summed E-state index contributed by atoms with van der Waals surface area (Å²) < 4.78 is 28.0. The standard InChI is InChI=1S/C27H29Cl2N3O3S/c28-23-12-13-25(29)26(17-23)32(36(34,35)24-10-3-1-4-11-24)20-27(33)30-18-21-8-7-9-22(16-21)19-31-14-5-2-6-15-31/h1,3-4,7-13,16-17H,2,5-6,14-15,18-20H2,(H,30,33). The highest BCUT2D eigenvalue weighted by Crippen LogP contribution is 2.32. The first kappa shape index (κ1) is 26.5. The monoisotopic (exact) mass is 545 g/mol. The van der Waals surface area contributed by atoms with Crippen LogP contribution in [0.1, 0.15) is 30.4 Å². The minimum Gasteiger partial charge on any atom is -0.350 e. The van der Waals surface area contributed by atoms with E-state index in [1.807, 2.05) is 12.1 Å². The number of benzene rings is 3. The van der Waals surface area contributed by atoms with Crippen LogP contribution in [-0.2, 0) is 27.9 Å². The summed E-state index contributed by atoms with van der Waals surface area (Å²) in [4.78, 5) is 15.5. The van der Waals surface area contributed by atoms with Crippen LogP contribution >= 0.6 is 23.2 Å². The van der Waals surface area contributed by atoms with Gasteiger partial charge in [-0.1, -0.05) is 72.1 Å². The fourth-order valence-electron chi connectivity index (χ4n) is 4.30. The van der Waals surface area contributed by atoms with Gasteiger partial charge in [0.25, 0.3) is 10.0 Å². The first-order valence-electron chi connectivity index (χ1n) is 11.9. The van der Waals surface area contributed by atoms with Crippen LogP contribution in [0.2, 0.25) is 10.0 Å². The number of carbonyl (C=O) groups is 1. The van der Waals surface area contributed by atoms with Crippen LogP contribution in [0, 0.1) is 0 Å². The van der Waals surface area contributed by atoms with Crippen LogP contribution < -0.4 is 9.62 Å². The molecule has 0 aliphatic carbocycles. The number of anilines is 1. The predicted molar refractivity (Wildman–Crippen MR) is 145 cm³/mol. The Morgan fingerprint density at radius 2 is 1.61 bits per heavy atom. The molecular weight excluding hydrogens is 517 g/mol. The summed E-state index contributed by atoms with van der Waals surface area (Å²) in [6.45, 7) is 2.95. The minimum absolute atomic E-state index is 0.0549. The lowest BCUT2D eigenvalue weighted by molar-refractivity contribution is -0.119. The van der Waals surface area contributed by atoms with E-state index in [1.165, 1.54) is 49.1 Å². The third-order valence-electron chi connectivity index (χ3n) is 6.13. The number of rotatable bonds is 9. The van der Waals surface area contributed by atoms with Crippen LogP contribution in [0.5, 0.6) is 0 Å². The zero-order chi connectivity index (χ0) is 25.5. The zero-order valence-corrected chi connectivity index (χ0v) is 22.2. The van der Waals surface area contributed by atoms with E-state index in [1.54, 1.807) is 24.3 Å². The number of piperidine rings is 1. The topological polar surface area (TPSA) is 69.7 Å². The molecule has 0 aromatic heterocycles. The van der Waals surface area contributed by atoms with E-state index >= 15 is 0 Å². The Morgan fingerprint density at radius 1 is 0.889 bits per heavy atom. The van der Waals surface area contributed by atoms with Gasteiger partial charge in [0.15, 0.2) is 0 Å². The fourth-order valence-corrected chi connectivity index (χ4v) is 6.19. The van der Waals surface area contributed by atoms with Crippen molar-refractivity contribution in [1.82, 2.24) is 10.2 Å². The molecule has 0 bridgehead atoms. The second kappa shape index (κ2) is 12.1. The van der Waals surface area contributed by atoms with Gasteiger partial charge in [-0.3, -0.25) is 14.0 Å². The number of likely N-dealkylation sites (tertiary alicyclic amines) is 1. The Balaban J connectivity index is 1.49. The maximum atomic E-state index is 13.5. The van der Waals surface area contributed by atoms with Gasteiger partial charge >= 0.3 is 0 Å². The molecule has 4 rings (SSSR count). The lowest BCUT2D eigenvalue weighted by Gasteiger charge is -2.26. The summed E-state index contributed by atoms with van der Waals surface area (Å²) in [5.41, 5.74) is 2.30. The Morgan fingerprint density at radius 3 is 2.36 bits per heavy atom. The van der Waals surface area contributed by atoms with Crippen molar-refractivity contribution in [2.45, 2.75) is 37.2 Å². The van der Waals surface area contributed by atoms with Crippen LogP contribution in [0.25, 0.3) is 0 Å². The Labute approximate surface area is 222 Å². The molecule has 3 aromatic carbocycles. The average Bonchev–Trinajstić information content (AvgIpc) is 2.89. The van der Waals surface area contributed by atoms with Crippen LogP contribution in [0.3, 0.4) is 0 Å². The van der Waals surface area contributed by atoms with Gasteiger partial charge in [-0.05, 0) is 67.4 Å². The first-order valence-corrected chi connectivity index (χ1v) is 14.1. The van der Waals surface area contributed by atoms with Crippen LogP contribution in [0.4, 0.5) is 5.69 Å². The molecule has 0 atom stereocenters. The number of amides is 1. The summed E-state index contributed by atoms with van der Waals surface area (Å²) in [6.07, 6.45) is 3.75. The summed E-state index contributed by atoms with van der Waals surface area (Å²) in [6, 6.07) is 20.6. The molecule has 1 amide bonds. The van der Waals surface area contributed by atoms with Gasteiger partial charge in [-0.15, -0.1) is 0 Å². The molecular formula is C27H29Cl2N3O3S. The summed E-state index contributed by atoms with van der Waals surface area (Å²) >= 11 is 12.5. The van der Waals surface area contributed by atoms with Crippen molar-refractivity contribution in [3.63, 3.8) is 0 Å². The quantitative estimate of drug-likeness (QED) is 0.386. The molecule has 1 N–H and O–H groups in total. The number of hydrogen-bond donors (Lipinski definition) is 1. The van der Waals surface area contributed by atoms with E-state index in [9.17, 15) is 13.2 Å². The molecule has 1 heterocycles. The lowest BCUT2D eigenvalue weighted by atomic mass is 10.1. The number of sulfonamides is 1. The van der Waals surface area contributed by atoms with Crippen molar-refractivity contribution in [1.29, 1.82) is 0 Å². The summed E-state index contributed by atoms with van der Waals surface area (Å²) in [7, 11) is -4.07. The van der Waals surface area contributed by atoms with Gasteiger partial charge < -0.3 is 5.32 Å². The van der Waals surface area contributed by atoms with Crippen LogP contribution in [0.15, 0.2) is 77.7 Å². The van der Waals surface area contributed by atoms with E-state index in [2.05, 4.69) is 22.3 Å². The third-order valence-corrected chi connectivity index (χ3v) is 8.46. The molecule has 9 heteroatoms. The van der Waals surface area contributed by atoms with E-state index < -0.39 is 22.5 Å². The Kier molecular flexibility index (Phi) is 8.90. The highest BCUT2D eigenvalue weighted by Gasteiger charge is 2.29. The molecule has 0 unspecified atom stereocenters. The maximum absolute atomic E-state index is 13.5. The SMILES string of the molecule is O=C(CN(c1cc(Cl)ccc1Cl)S(=O)(=O)c1ccccc1)NCc1cccc(CN2CCCCC2)c1. The van der Waals surface area contributed by atoms with Gasteiger partial charge in [0.1, 0.15) is 6.54 Å². The molecule has 190 valence electrons. The van der Waals surface area contributed by atoms with E-state index in [0.717, 1.165) is 29.5 Å². The van der Waals surface area contributed by atoms with Gasteiger partial charge in [0.05, 0.1) is 15.6 Å². The van der Waals surface area contributed by atoms with E-state index in [4.69, 9.17) is 23.2 Å². The average molecular weight is 547 g/mol. The highest BCUT2D eigenvalue weighted by molar-refractivity contribution is 7.92. The van der Waals surface area contributed by atoms with Crippen molar-refractivity contribution in [3.05, 3.63) is 94.0 Å². The molecule has 1 aliphatic rings. The van der Waals surface area contributed by atoms with Gasteiger partial charge in [-0.2, -0.15) is 0 Å². The van der Waals surface area contributed by atoms with Crippen molar-refractivity contribution >= 4 is 44.8 Å². The largest absolute Gasteiger partial charge is 0.350 e. The molecule has 1 aliphatic heterocycles. The van der Waals surface area contributed by atoms with E-state index in [-0.39, 0.29) is 22.2 Å². The highest BCUT2D eigenvalue weighted by atomic mass is 35.5. The minimum atomic E-state index is -4.07. The molecule has 36 heavy (non-hydrogen) atoms. The summed E-state index contributed by atoms with van der Waals surface area (Å²) in [5.74, 6) is -0.452. The molecule has 6 nitrogen and oxygen atoms in total. The summed E-state index contributed by atoms with van der Waals surface area (Å²) in [5, 5.41) is 3.34. The molecule has 0 spiro atoms. The predicted octanol–water partition coefficient (Wildman–Crippen LogP) is 5.49. The zero-order valence-electron chi connectivity index (χ0n) is 19.9. The van der Waals surface area contributed by atoms with Crippen molar-refractivity contribution in [3.8, 4) is 0 Å². The Bertz CT molecular complexity index is 1300. The molecule has 1 fully saturated rings. The molecule has 1 saturated heterocycles. The smallest absolute Gasteiger partial charge is 0.264 e. The second-order valence-corrected chi connectivity index (χ2v) is 11.6. The second-order valence-electron chi connectivity index (χ2n) is 8.85. The van der Waals surface area contributed by atoms with Gasteiger partial charge in [-0.25, -0.2) is 8.42 Å². The number of carbonyl (C=O) groups excluding carboxylic acids is 1. The molecule has 0 saturated carbocycles. The first-order chi connectivity index (χ1) is 17.3. The van der Waals surface area contributed by atoms with Crippen molar-refractivity contribution < 1.29 is 13.2 Å². The Hall–Kier alpha value is -2.58. The number of hydrogen-bond acceptors (Lipinski definition) is 4. The van der Waals surface area contributed by atoms with Crippen LogP contribution in [-0.4, -0.2) is 38.9 Å². The van der Waals surface area contributed by atoms with Crippen molar-refractivity contribution in [2.24, 2.45) is 0 Å². The number of halogens is 2. The normalized spacial score (nSPS) is 14.4. The lowest BCUT2D eigenvalue weighted by Crippen LogP contribution is -2.40. The van der Waals surface area contributed by atoms with Gasteiger partial charge in [0.2, 0.25) is 5.91 Å². The van der Waals surface area contributed by atoms with Crippen molar-refractivity contribution in [2.75, 3.05) is 23.9 Å². The fraction of sp³-hybridized carbons (Fsp3) is 0.296.